The van der Waals surface area contributed by atoms with Gasteiger partial charge in [-0.1, -0.05) is 36.4 Å². The maximum atomic E-state index is 4.52. The van der Waals surface area contributed by atoms with Crippen LogP contribution in [0.25, 0.3) is 22.2 Å². The number of hydrogen-bond acceptors (Lipinski definition) is 1. The zero-order valence-electron chi connectivity index (χ0n) is 11.2. The summed E-state index contributed by atoms with van der Waals surface area (Å²) in [6.07, 6.45) is 3.05. The maximum Gasteiger partial charge on any atom is 0.0962 e. The Morgan fingerprint density at radius 2 is 1.89 bits per heavy atom. The lowest BCUT2D eigenvalue weighted by molar-refractivity contribution is 0.948. The number of nitrogens with zero attached hydrogens (tertiary/aromatic N) is 2. The molecule has 3 aromatic rings. The third-order valence-corrected chi connectivity index (χ3v) is 4.16. The first-order valence-electron chi connectivity index (χ1n) is 6.43. The number of aryl methyl sites for hydroxylation is 1. The molecule has 0 fully saturated rings. The normalized spacial score (nSPS) is 11.7. The van der Waals surface area contributed by atoms with Gasteiger partial charge in [0, 0.05) is 12.6 Å². The molecule has 2 nitrogen and oxygen atoms in total. The molecule has 3 rings (SSSR count). The molecule has 96 valence electrons. The maximum absolute atomic E-state index is 4.52. The molecular weight excluding hydrogens is 251 g/mol. The molecule has 1 heterocycles. The Morgan fingerprint density at radius 3 is 2.63 bits per heavy atom. The van der Waals surface area contributed by atoms with Crippen LogP contribution in [0.2, 0.25) is 0 Å². The molecule has 0 aliphatic heterocycles. The third kappa shape index (κ3) is 2.29. The third-order valence-electron chi connectivity index (χ3n) is 3.40. The van der Waals surface area contributed by atoms with Crippen LogP contribution in [-0.4, -0.2) is 16.2 Å². The van der Waals surface area contributed by atoms with Gasteiger partial charge < -0.3 is 4.57 Å². The quantitative estimate of drug-likeness (QED) is 0.655. The summed E-state index contributed by atoms with van der Waals surface area (Å²) >= 11 is 0. The van der Waals surface area contributed by atoms with Gasteiger partial charge in [0.15, 0.2) is 0 Å². The first-order chi connectivity index (χ1) is 9.29. The van der Waals surface area contributed by atoms with Crippen LogP contribution in [-0.2, 0) is 13.2 Å². The standard InChI is InChI=1S/C16H17N2P/c1-18-11-17-16-14(4-3-5-15(16)18)13-8-6-12(7-9-13)10-19-2/h3-9,11,19H,10H2,1-2H3. The Labute approximate surface area is 115 Å². The van der Waals surface area contributed by atoms with Crippen LogP contribution in [0.15, 0.2) is 48.8 Å². The Balaban J connectivity index is 2.08. The molecular formula is C16H17N2P. The van der Waals surface area contributed by atoms with Crippen molar-refractivity contribution < 1.29 is 0 Å². The topological polar surface area (TPSA) is 17.8 Å². The average Bonchev–Trinajstić information content (AvgIpc) is 2.82. The number of para-hydroxylation sites is 1. The molecule has 0 saturated carbocycles. The average molecular weight is 268 g/mol. The van der Waals surface area contributed by atoms with Crippen molar-refractivity contribution in [2.45, 2.75) is 6.16 Å². The van der Waals surface area contributed by atoms with Gasteiger partial charge in [-0.15, -0.1) is 8.58 Å². The van der Waals surface area contributed by atoms with Crippen molar-refractivity contribution in [3.05, 3.63) is 54.4 Å². The smallest absolute Gasteiger partial charge is 0.0962 e. The minimum atomic E-state index is 0.971. The van der Waals surface area contributed by atoms with E-state index in [2.05, 4.69) is 58.7 Å². The van der Waals surface area contributed by atoms with Gasteiger partial charge in [0.05, 0.1) is 17.4 Å². The fraction of sp³-hybridized carbons (Fsp3) is 0.188. The molecule has 0 N–H and O–H groups in total. The predicted octanol–water partition coefficient (Wildman–Crippen LogP) is 4.05. The molecule has 0 aliphatic rings. The predicted molar refractivity (Wildman–Crippen MR) is 84.1 cm³/mol. The molecule has 1 aromatic heterocycles. The van der Waals surface area contributed by atoms with Crippen LogP contribution in [0, 0.1) is 0 Å². The Kier molecular flexibility index (Phi) is 3.35. The second-order valence-corrected chi connectivity index (χ2v) is 5.82. The van der Waals surface area contributed by atoms with Crippen LogP contribution in [0.4, 0.5) is 0 Å². The molecule has 1 unspecified atom stereocenters. The summed E-state index contributed by atoms with van der Waals surface area (Å²) in [7, 11) is 3.00. The van der Waals surface area contributed by atoms with E-state index in [0.717, 1.165) is 14.1 Å². The fourth-order valence-electron chi connectivity index (χ4n) is 2.40. The fourth-order valence-corrected chi connectivity index (χ4v) is 3.04. The SMILES string of the molecule is CPCc1ccc(-c2cccc3c2ncn3C)cc1. The highest BCUT2D eigenvalue weighted by Gasteiger charge is 2.07. The summed E-state index contributed by atoms with van der Waals surface area (Å²) in [5.41, 5.74) is 6.13. The molecule has 3 heteroatoms. The summed E-state index contributed by atoms with van der Waals surface area (Å²) in [5, 5.41) is 0. The van der Waals surface area contributed by atoms with Gasteiger partial charge in [0.2, 0.25) is 0 Å². The lowest BCUT2D eigenvalue weighted by atomic mass is 10.0. The molecule has 0 amide bonds. The first kappa shape index (κ1) is 12.4. The molecule has 0 radical (unpaired) electrons. The van der Waals surface area contributed by atoms with Gasteiger partial charge in [-0.05, 0) is 30.0 Å². The highest BCUT2D eigenvalue weighted by Crippen LogP contribution is 2.28. The van der Waals surface area contributed by atoms with Crippen molar-refractivity contribution in [1.82, 2.24) is 9.55 Å². The number of rotatable bonds is 3. The summed E-state index contributed by atoms with van der Waals surface area (Å²) in [5.74, 6) is 0. The van der Waals surface area contributed by atoms with E-state index in [1.165, 1.54) is 28.4 Å². The molecule has 0 aliphatic carbocycles. The number of hydrogen-bond donors (Lipinski definition) is 0. The van der Waals surface area contributed by atoms with E-state index < -0.39 is 0 Å². The second-order valence-electron chi connectivity index (χ2n) is 4.76. The zero-order chi connectivity index (χ0) is 13.2. The monoisotopic (exact) mass is 268 g/mol. The van der Waals surface area contributed by atoms with E-state index in [-0.39, 0.29) is 0 Å². The van der Waals surface area contributed by atoms with Gasteiger partial charge in [-0.25, -0.2) is 4.98 Å². The Morgan fingerprint density at radius 1 is 1.11 bits per heavy atom. The van der Waals surface area contributed by atoms with E-state index in [1.54, 1.807) is 0 Å². The van der Waals surface area contributed by atoms with E-state index in [9.17, 15) is 0 Å². The number of fused-ring (bicyclic) bond motifs is 1. The van der Waals surface area contributed by atoms with Crippen LogP contribution >= 0.6 is 8.58 Å². The minimum absolute atomic E-state index is 0.971. The van der Waals surface area contributed by atoms with E-state index in [1.807, 2.05) is 13.4 Å². The zero-order valence-corrected chi connectivity index (χ0v) is 12.2. The van der Waals surface area contributed by atoms with Crippen molar-refractivity contribution in [2.75, 3.05) is 6.66 Å². The van der Waals surface area contributed by atoms with Gasteiger partial charge in [0.25, 0.3) is 0 Å². The molecule has 0 saturated heterocycles. The van der Waals surface area contributed by atoms with Crippen LogP contribution in [0.5, 0.6) is 0 Å². The first-order valence-corrected chi connectivity index (χ1v) is 8.14. The van der Waals surface area contributed by atoms with Gasteiger partial charge in [-0.3, -0.25) is 0 Å². The molecule has 19 heavy (non-hydrogen) atoms. The second kappa shape index (κ2) is 5.14. The van der Waals surface area contributed by atoms with E-state index in [4.69, 9.17) is 0 Å². The molecule has 0 spiro atoms. The highest BCUT2D eigenvalue weighted by atomic mass is 31.1. The summed E-state index contributed by atoms with van der Waals surface area (Å²) < 4.78 is 2.06. The van der Waals surface area contributed by atoms with Crippen molar-refractivity contribution in [3.8, 4) is 11.1 Å². The van der Waals surface area contributed by atoms with Crippen LogP contribution < -0.4 is 0 Å². The van der Waals surface area contributed by atoms with Gasteiger partial charge in [0.1, 0.15) is 0 Å². The summed E-state index contributed by atoms with van der Waals surface area (Å²) in [6, 6.07) is 15.2. The summed E-state index contributed by atoms with van der Waals surface area (Å²) in [6.45, 7) is 2.24. The largest absolute Gasteiger partial charge is 0.334 e. The molecule has 0 bridgehead atoms. The van der Waals surface area contributed by atoms with Crippen molar-refractivity contribution in [3.63, 3.8) is 0 Å². The highest BCUT2D eigenvalue weighted by molar-refractivity contribution is 7.36. The lowest BCUT2D eigenvalue weighted by Gasteiger charge is -2.05. The lowest BCUT2D eigenvalue weighted by Crippen LogP contribution is -1.85. The number of imidazole rings is 1. The molecule has 1 atom stereocenters. The van der Waals surface area contributed by atoms with Crippen LogP contribution in [0.3, 0.4) is 0 Å². The van der Waals surface area contributed by atoms with Crippen LogP contribution in [0.1, 0.15) is 5.56 Å². The minimum Gasteiger partial charge on any atom is -0.334 e. The van der Waals surface area contributed by atoms with Crippen molar-refractivity contribution in [2.24, 2.45) is 7.05 Å². The number of benzene rings is 2. The number of aromatic nitrogens is 2. The Bertz CT molecular complexity index is 698. The van der Waals surface area contributed by atoms with Crippen molar-refractivity contribution >= 4 is 19.6 Å². The van der Waals surface area contributed by atoms with Gasteiger partial charge >= 0.3 is 0 Å². The van der Waals surface area contributed by atoms with Crippen molar-refractivity contribution in [1.29, 1.82) is 0 Å². The summed E-state index contributed by atoms with van der Waals surface area (Å²) in [4.78, 5) is 4.52. The van der Waals surface area contributed by atoms with E-state index in [0.29, 0.717) is 0 Å². The van der Waals surface area contributed by atoms with E-state index >= 15 is 0 Å². The van der Waals surface area contributed by atoms with Gasteiger partial charge in [-0.2, -0.15) is 0 Å². The Hall–Kier alpha value is -1.66. The molecule has 2 aromatic carbocycles.